The van der Waals surface area contributed by atoms with E-state index in [0.717, 1.165) is 29.5 Å². The number of aryl methyl sites for hydroxylation is 2. The maximum absolute atomic E-state index is 6.34. The van der Waals surface area contributed by atoms with Crippen molar-refractivity contribution >= 4 is 22.5 Å². The third kappa shape index (κ3) is 2.57. The molecule has 0 atom stereocenters. The summed E-state index contributed by atoms with van der Waals surface area (Å²) in [5, 5.41) is 9.55. The number of rotatable bonds is 4. The largest absolute Gasteiger partial charge is 0.341 e. The molecule has 0 aliphatic carbocycles. The van der Waals surface area contributed by atoms with Crippen molar-refractivity contribution in [3.05, 3.63) is 52.4 Å². The minimum absolute atomic E-state index is 0.727. The van der Waals surface area contributed by atoms with E-state index in [4.69, 9.17) is 11.6 Å². The number of hydrogen-bond donors (Lipinski definition) is 1. The second-order valence-electron chi connectivity index (χ2n) is 5.34. The molecule has 3 rings (SSSR count). The number of nitrogens with one attached hydrogen (secondary N) is 1. The Balaban J connectivity index is 1.98. The lowest BCUT2D eigenvalue weighted by Gasteiger charge is -2.07. The van der Waals surface area contributed by atoms with Crippen LogP contribution in [0.1, 0.15) is 17.0 Å². The van der Waals surface area contributed by atoms with Gasteiger partial charge in [-0.05, 0) is 43.1 Å². The third-order valence-corrected chi connectivity index (χ3v) is 4.29. The van der Waals surface area contributed by atoms with Crippen molar-refractivity contribution in [2.45, 2.75) is 20.0 Å². The lowest BCUT2D eigenvalue weighted by Crippen LogP contribution is -2.06. The van der Waals surface area contributed by atoms with Gasteiger partial charge < -0.3 is 9.88 Å². The summed E-state index contributed by atoms with van der Waals surface area (Å²) in [6, 6.07) is 8.69. The molecule has 0 radical (unpaired) electrons. The molecule has 0 bridgehead atoms. The fourth-order valence-electron chi connectivity index (χ4n) is 2.71. The summed E-state index contributed by atoms with van der Waals surface area (Å²) in [6.45, 7) is 3.54. The number of hydrogen-bond acceptors (Lipinski definition) is 2. The standard InChI is InChI=1S/C16H19ClN4/c1-11-16(17)15(20(3)19-11)10-21-7-6-13-8-12(9-18-2)4-5-14(13)21/h4-8,18H,9-10H2,1-3H3. The van der Waals surface area contributed by atoms with Gasteiger partial charge in [0.1, 0.15) is 0 Å². The van der Waals surface area contributed by atoms with E-state index in [0.29, 0.717) is 0 Å². The average Bonchev–Trinajstić information content (AvgIpc) is 2.96. The molecular weight excluding hydrogens is 284 g/mol. The van der Waals surface area contributed by atoms with Gasteiger partial charge in [0.25, 0.3) is 0 Å². The molecule has 0 aliphatic rings. The van der Waals surface area contributed by atoms with Gasteiger partial charge in [-0.1, -0.05) is 17.7 Å². The van der Waals surface area contributed by atoms with E-state index >= 15 is 0 Å². The quantitative estimate of drug-likeness (QED) is 0.803. The van der Waals surface area contributed by atoms with Crippen LogP contribution in [-0.4, -0.2) is 21.4 Å². The highest BCUT2D eigenvalue weighted by atomic mass is 35.5. The molecular formula is C16H19ClN4. The van der Waals surface area contributed by atoms with E-state index in [1.54, 1.807) is 0 Å². The monoisotopic (exact) mass is 302 g/mol. The second kappa shape index (κ2) is 5.54. The fraction of sp³-hybridized carbons (Fsp3) is 0.312. The van der Waals surface area contributed by atoms with E-state index in [1.807, 2.05) is 25.7 Å². The Bertz CT molecular complexity index is 785. The van der Waals surface area contributed by atoms with Crippen LogP contribution in [0.4, 0.5) is 0 Å². The zero-order chi connectivity index (χ0) is 15.0. The maximum Gasteiger partial charge on any atom is 0.0865 e. The van der Waals surface area contributed by atoms with Crippen molar-refractivity contribution in [1.29, 1.82) is 0 Å². The van der Waals surface area contributed by atoms with Crippen molar-refractivity contribution in [2.75, 3.05) is 7.05 Å². The first-order valence-corrected chi connectivity index (χ1v) is 7.38. The summed E-state index contributed by atoms with van der Waals surface area (Å²) in [6.07, 6.45) is 2.10. The number of benzene rings is 1. The van der Waals surface area contributed by atoms with Gasteiger partial charge in [-0.15, -0.1) is 0 Å². The zero-order valence-electron chi connectivity index (χ0n) is 12.5. The fourth-order valence-corrected chi connectivity index (χ4v) is 2.93. The molecule has 0 unspecified atom stereocenters. The van der Waals surface area contributed by atoms with Crippen LogP contribution in [0.15, 0.2) is 30.5 Å². The van der Waals surface area contributed by atoms with E-state index in [1.165, 1.54) is 16.5 Å². The molecule has 1 aromatic carbocycles. The predicted octanol–water partition coefficient (Wildman–Crippen LogP) is 3.10. The molecule has 2 aromatic heterocycles. The third-order valence-electron chi connectivity index (χ3n) is 3.80. The van der Waals surface area contributed by atoms with Crippen LogP contribution < -0.4 is 5.32 Å². The van der Waals surface area contributed by atoms with E-state index in [-0.39, 0.29) is 0 Å². The summed E-state index contributed by atoms with van der Waals surface area (Å²) >= 11 is 6.34. The van der Waals surface area contributed by atoms with Crippen molar-refractivity contribution < 1.29 is 0 Å². The summed E-state index contributed by atoms with van der Waals surface area (Å²) in [5.74, 6) is 0. The minimum atomic E-state index is 0.727. The van der Waals surface area contributed by atoms with Crippen molar-refractivity contribution in [2.24, 2.45) is 7.05 Å². The number of halogens is 1. The predicted molar refractivity (Wildman–Crippen MR) is 86.8 cm³/mol. The lowest BCUT2D eigenvalue weighted by molar-refractivity contribution is 0.673. The van der Waals surface area contributed by atoms with Gasteiger partial charge in [0, 0.05) is 25.3 Å². The van der Waals surface area contributed by atoms with Gasteiger partial charge in [-0.2, -0.15) is 5.10 Å². The van der Waals surface area contributed by atoms with E-state index < -0.39 is 0 Å². The van der Waals surface area contributed by atoms with Gasteiger partial charge >= 0.3 is 0 Å². The van der Waals surface area contributed by atoms with Crippen LogP contribution in [0.5, 0.6) is 0 Å². The molecule has 0 saturated carbocycles. The normalized spacial score (nSPS) is 11.4. The van der Waals surface area contributed by atoms with Gasteiger partial charge in [0.05, 0.1) is 23.0 Å². The van der Waals surface area contributed by atoms with Gasteiger partial charge in [-0.25, -0.2) is 0 Å². The molecule has 0 fully saturated rings. The first kappa shape index (κ1) is 14.2. The highest BCUT2D eigenvalue weighted by Gasteiger charge is 2.12. The highest BCUT2D eigenvalue weighted by molar-refractivity contribution is 6.31. The number of fused-ring (bicyclic) bond motifs is 1. The molecule has 0 spiro atoms. The molecule has 21 heavy (non-hydrogen) atoms. The molecule has 2 heterocycles. The van der Waals surface area contributed by atoms with Gasteiger partial charge in [0.2, 0.25) is 0 Å². The number of nitrogens with zero attached hydrogens (tertiary/aromatic N) is 3. The van der Waals surface area contributed by atoms with E-state index in [2.05, 4.69) is 45.4 Å². The zero-order valence-corrected chi connectivity index (χ0v) is 13.3. The van der Waals surface area contributed by atoms with Crippen molar-refractivity contribution in [3.8, 4) is 0 Å². The summed E-state index contributed by atoms with van der Waals surface area (Å²) in [4.78, 5) is 0. The Morgan fingerprint density at radius 2 is 2.10 bits per heavy atom. The van der Waals surface area contributed by atoms with Crippen LogP contribution in [0.25, 0.3) is 10.9 Å². The molecule has 0 amide bonds. The summed E-state index contributed by atoms with van der Waals surface area (Å²) < 4.78 is 4.07. The van der Waals surface area contributed by atoms with Crippen molar-refractivity contribution in [3.63, 3.8) is 0 Å². The molecule has 3 aromatic rings. The van der Waals surface area contributed by atoms with Gasteiger partial charge in [0.15, 0.2) is 0 Å². The average molecular weight is 303 g/mol. The molecule has 5 heteroatoms. The summed E-state index contributed by atoms with van der Waals surface area (Å²) in [7, 11) is 3.90. The Morgan fingerprint density at radius 3 is 2.76 bits per heavy atom. The smallest absolute Gasteiger partial charge is 0.0865 e. The first-order chi connectivity index (χ1) is 10.1. The van der Waals surface area contributed by atoms with Crippen LogP contribution in [0, 0.1) is 6.92 Å². The second-order valence-corrected chi connectivity index (χ2v) is 5.71. The van der Waals surface area contributed by atoms with Crippen LogP contribution in [0.3, 0.4) is 0 Å². The lowest BCUT2D eigenvalue weighted by atomic mass is 10.1. The molecule has 110 valence electrons. The van der Waals surface area contributed by atoms with Gasteiger partial charge in [-0.3, -0.25) is 4.68 Å². The molecule has 0 saturated heterocycles. The number of aromatic nitrogens is 3. The topological polar surface area (TPSA) is 34.8 Å². The Kier molecular flexibility index (Phi) is 3.74. The van der Waals surface area contributed by atoms with Crippen LogP contribution in [-0.2, 0) is 20.1 Å². The molecule has 0 aliphatic heterocycles. The minimum Gasteiger partial charge on any atom is -0.341 e. The van der Waals surface area contributed by atoms with E-state index in [9.17, 15) is 0 Å². The SMILES string of the molecule is CNCc1ccc2c(ccn2Cc2c(Cl)c(C)nn2C)c1. The summed E-state index contributed by atoms with van der Waals surface area (Å²) in [5.41, 5.74) is 4.41. The van der Waals surface area contributed by atoms with Crippen LogP contribution >= 0.6 is 11.6 Å². The Hall–Kier alpha value is -1.78. The maximum atomic E-state index is 6.34. The van der Waals surface area contributed by atoms with Crippen molar-refractivity contribution in [1.82, 2.24) is 19.7 Å². The van der Waals surface area contributed by atoms with Crippen LogP contribution in [0.2, 0.25) is 5.02 Å². The molecule has 1 N–H and O–H groups in total. The first-order valence-electron chi connectivity index (χ1n) is 7.00. The Labute approximate surface area is 129 Å². The highest BCUT2D eigenvalue weighted by Crippen LogP contribution is 2.23. The Morgan fingerprint density at radius 1 is 1.29 bits per heavy atom. The molecule has 4 nitrogen and oxygen atoms in total.